The average molecular weight is 396 g/mol. The van der Waals surface area contributed by atoms with Crippen LogP contribution < -0.4 is 0 Å². The van der Waals surface area contributed by atoms with Gasteiger partial charge in [-0.05, 0) is 18.2 Å². The Labute approximate surface area is 149 Å². The van der Waals surface area contributed by atoms with Crippen molar-refractivity contribution in [3.8, 4) is 0 Å². The van der Waals surface area contributed by atoms with Crippen molar-refractivity contribution in [2.45, 2.75) is 18.7 Å². The van der Waals surface area contributed by atoms with Gasteiger partial charge in [0.2, 0.25) is 10.0 Å². The zero-order chi connectivity index (χ0) is 18.0. The Morgan fingerprint density at radius 1 is 1.00 bits per heavy atom. The molecule has 0 radical (unpaired) electrons. The maximum Gasteiger partial charge on any atom is 0.282 e. The molecule has 10 heteroatoms. The van der Waals surface area contributed by atoms with Crippen molar-refractivity contribution in [3.05, 3.63) is 29.3 Å². The van der Waals surface area contributed by atoms with Gasteiger partial charge in [-0.1, -0.05) is 31.5 Å². The van der Waals surface area contributed by atoms with Gasteiger partial charge in [-0.25, -0.2) is 8.42 Å². The minimum absolute atomic E-state index is 0.120. The van der Waals surface area contributed by atoms with Crippen LogP contribution in [-0.4, -0.2) is 69.0 Å². The highest BCUT2D eigenvalue weighted by Gasteiger charge is 2.35. The molecule has 0 spiro atoms. The van der Waals surface area contributed by atoms with Crippen molar-refractivity contribution in [2.75, 3.05) is 39.3 Å². The predicted octanol–water partition coefficient (Wildman–Crippen LogP) is 1.23. The fraction of sp³-hybridized carbons (Fsp3) is 0.571. The predicted molar refractivity (Wildman–Crippen MR) is 93.6 cm³/mol. The van der Waals surface area contributed by atoms with E-state index in [9.17, 15) is 16.8 Å². The number of hydrogen-bond donors (Lipinski definition) is 0. The highest BCUT2D eigenvalue weighted by molar-refractivity contribution is 7.89. The molecule has 0 amide bonds. The van der Waals surface area contributed by atoms with Crippen LogP contribution in [0.15, 0.2) is 29.2 Å². The third-order valence-electron chi connectivity index (χ3n) is 3.99. The minimum atomic E-state index is -3.67. The van der Waals surface area contributed by atoms with E-state index in [2.05, 4.69) is 0 Å². The van der Waals surface area contributed by atoms with Crippen LogP contribution in [0.5, 0.6) is 0 Å². The molecule has 0 unspecified atom stereocenters. The molecule has 1 aliphatic rings. The van der Waals surface area contributed by atoms with Crippen LogP contribution in [0, 0.1) is 0 Å². The third-order valence-corrected chi connectivity index (χ3v) is 8.31. The summed E-state index contributed by atoms with van der Waals surface area (Å²) in [5, 5.41) is 0.346. The lowest BCUT2D eigenvalue weighted by atomic mass is 10.4. The Kier molecular flexibility index (Phi) is 6.27. The molecular weight excluding hydrogens is 374 g/mol. The van der Waals surface area contributed by atoms with E-state index in [0.29, 0.717) is 18.1 Å². The Morgan fingerprint density at radius 3 is 2.04 bits per heavy atom. The van der Waals surface area contributed by atoms with E-state index in [1.807, 2.05) is 0 Å². The van der Waals surface area contributed by atoms with Crippen molar-refractivity contribution in [2.24, 2.45) is 0 Å². The molecule has 0 bridgehead atoms. The number of hydrogen-bond acceptors (Lipinski definition) is 4. The van der Waals surface area contributed by atoms with E-state index in [1.54, 1.807) is 26.0 Å². The molecule has 0 saturated carbocycles. The van der Waals surface area contributed by atoms with Gasteiger partial charge >= 0.3 is 0 Å². The first kappa shape index (κ1) is 19.6. The molecule has 0 aliphatic carbocycles. The molecular formula is C14H22ClN3O4S2. The Bertz CT molecular complexity index is 771. The first-order valence-corrected chi connectivity index (χ1v) is 11.0. The number of rotatable bonds is 6. The topological polar surface area (TPSA) is 78.0 Å². The maximum atomic E-state index is 12.6. The minimum Gasteiger partial charge on any atom is -0.207 e. The van der Waals surface area contributed by atoms with Crippen LogP contribution in [0.25, 0.3) is 0 Å². The van der Waals surface area contributed by atoms with Gasteiger partial charge in [0.1, 0.15) is 0 Å². The van der Waals surface area contributed by atoms with Gasteiger partial charge in [-0.2, -0.15) is 21.3 Å². The van der Waals surface area contributed by atoms with Crippen LogP contribution in [0.2, 0.25) is 5.02 Å². The smallest absolute Gasteiger partial charge is 0.207 e. The summed E-state index contributed by atoms with van der Waals surface area (Å²) in [4.78, 5) is 0.120. The van der Waals surface area contributed by atoms with Crippen LogP contribution in [-0.2, 0) is 20.2 Å². The van der Waals surface area contributed by atoms with Gasteiger partial charge in [0.25, 0.3) is 10.2 Å². The molecule has 0 aromatic heterocycles. The lowest BCUT2D eigenvalue weighted by Crippen LogP contribution is -2.54. The molecule has 7 nitrogen and oxygen atoms in total. The lowest BCUT2D eigenvalue weighted by Gasteiger charge is -2.35. The van der Waals surface area contributed by atoms with E-state index in [1.165, 1.54) is 25.0 Å². The van der Waals surface area contributed by atoms with Crippen LogP contribution in [0.1, 0.15) is 13.8 Å². The second-order valence-electron chi connectivity index (χ2n) is 5.35. The fourth-order valence-electron chi connectivity index (χ4n) is 2.63. The van der Waals surface area contributed by atoms with E-state index in [-0.39, 0.29) is 31.1 Å². The number of nitrogens with zero attached hydrogens (tertiary/aromatic N) is 3. The van der Waals surface area contributed by atoms with Gasteiger partial charge in [-0.15, -0.1) is 0 Å². The molecule has 2 rings (SSSR count). The van der Waals surface area contributed by atoms with E-state index < -0.39 is 20.2 Å². The quantitative estimate of drug-likeness (QED) is 0.725. The monoisotopic (exact) mass is 395 g/mol. The molecule has 1 saturated heterocycles. The molecule has 1 aromatic carbocycles. The first-order chi connectivity index (χ1) is 11.2. The van der Waals surface area contributed by atoms with Gasteiger partial charge < -0.3 is 0 Å². The zero-order valence-corrected chi connectivity index (χ0v) is 16.1. The average Bonchev–Trinajstić information content (AvgIpc) is 2.56. The summed E-state index contributed by atoms with van der Waals surface area (Å²) in [5.74, 6) is 0. The van der Waals surface area contributed by atoms with Crippen LogP contribution in [0.3, 0.4) is 0 Å². The summed E-state index contributed by atoms with van der Waals surface area (Å²) >= 11 is 5.86. The second-order valence-corrected chi connectivity index (χ2v) is 9.66. The second kappa shape index (κ2) is 7.67. The normalized spacial score (nSPS) is 18.2. The molecule has 1 aromatic rings. The van der Waals surface area contributed by atoms with Gasteiger partial charge in [0, 0.05) is 44.3 Å². The Morgan fingerprint density at radius 2 is 1.54 bits per heavy atom. The van der Waals surface area contributed by atoms with Gasteiger partial charge in [0.05, 0.1) is 4.90 Å². The Hall–Kier alpha value is -0.710. The van der Waals surface area contributed by atoms with Crippen LogP contribution >= 0.6 is 11.6 Å². The van der Waals surface area contributed by atoms with E-state index >= 15 is 0 Å². The van der Waals surface area contributed by atoms with Crippen LogP contribution in [0.4, 0.5) is 0 Å². The first-order valence-electron chi connectivity index (χ1n) is 7.74. The van der Waals surface area contributed by atoms with Crippen molar-refractivity contribution in [3.63, 3.8) is 0 Å². The molecule has 136 valence electrons. The van der Waals surface area contributed by atoms with Crippen molar-refractivity contribution in [1.29, 1.82) is 0 Å². The summed E-state index contributed by atoms with van der Waals surface area (Å²) in [7, 11) is -7.21. The molecule has 1 heterocycles. The van der Waals surface area contributed by atoms with Gasteiger partial charge in [-0.3, -0.25) is 0 Å². The van der Waals surface area contributed by atoms with Gasteiger partial charge in [0.15, 0.2) is 0 Å². The Balaban J connectivity index is 2.13. The van der Waals surface area contributed by atoms with E-state index in [0.717, 1.165) is 0 Å². The van der Waals surface area contributed by atoms with Crippen molar-refractivity contribution >= 4 is 31.8 Å². The highest BCUT2D eigenvalue weighted by atomic mass is 35.5. The van der Waals surface area contributed by atoms with Crippen molar-refractivity contribution in [1.82, 2.24) is 12.9 Å². The molecule has 1 aliphatic heterocycles. The molecule has 1 fully saturated rings. The van der Waals surface area contributed by atoms with E-state index in [4.69, 9.17) is 11.6 Å². The summed E-state index contributed by atoms with van der Waals surface area (Å²) in [6, 6.07) is 6.07. The summed E-state index contributed by atoms with van der Waals surface area (Å²) in [6.45, 7) is 4.85. The van der Waals surface area contributed by atoms with Crippen molar-refractivity contribution < 1.29 is 16.8 Å². The largest absolute Gasteiger partial charge is 0.282 e. The summed E-state index contributed by atoms with van der Waals surface area (Å²) in [6.07, 6.45) is 0. The fourth-order valence-corrected chi connectivity index (χ4v) is 5.96. The molecule has 0 N–H and O–H groups in total. The number of benzene rings is 1. The zero-order valence-electron chi connectivity index (χ0n) is 13.7. The lowest BCUT2D eigenvalue weighted by molar-refractivity contribution is 0.256. The third kappa shape index (κ3) is 3.92. The number of piperazine rings is 1. The standard InChI is InChI=1S/C14H22ClN3O4S2/c1-3-16(4-2)24(21,22)18-10-8-17(9-11-18)23(19,20)14-7-5-6-13(15)12-14/h5-7,12H,3-4,8-11H2,1-2H3. The SMILES string of the molecule is CCN(CC)S(=O)(=O)N1CCN(S(=O)(=O)c2cccc(Cl)c2)CC1. The number of sulfonamides is 1. The molecule has 24 heavy (non-hydrogen) atoms. The molecule has 0 atom stereocenters. The number of halogens is 1. The summed E-state index contributed by atoms with van der Waals surface area (Å²) in [5.41, 5.74) is 0. The highest BCUT2D eigenvalue weighted by Crippen LogP contribution is 2.22. The summed E-state index contributed by atoms with van der Waals surface area (Å²) < 4.78 is 54.2. The maximum absolute atomic E-state index is 12.6.